The fourth-order valence-electron chi connectivity index (χ4n) is 0.815. The average molecular weight is 188 g/mol. The molecule has 0 spiro atoms. The van der Waals surface area contributed by atoms with E-state index in [1.807, 2.05) is 0 Å². The van der Waals surface area contributed by atoms with Gasteiger partial charge in [0.05, 0.1) is 6.54 Å². The Bertz CT molecular complexity index is 270. The summed E-state index contributed by atoms with van der Waals surface area (Å²) in [5.41, 5.74) is 0.507. The van der Waals surface area contributed by atoms with Crippen molar-refractivity contribution in [3.8, 4) is 0 Å². The Kier molecular flexibility index (Phi) is 3.05. The number of aldehydes is 1. The first-order chi connectivity index (χ1) is 5.72. The largest absolute Gasteiger partial charge is 0.378 e. The van der Waals surface area contributed by atoms with Gasteiger partial charge >= 0.3 is 0 Å². The van der Waals surface area contributed by atoms with Crippen LogP contribution in [0.25, 0.3) is 0 Å². The predicted molar refractivity (Wildman–Crippen MR) is 46.0 cm³/mol. The Morgan fingerprint density at radius 1 is 1.50 bits per heavy atom. The molecule has 0 aliphatic rings. The summed E-state index contributed by atoms with van der Waals surface area (Å²) in [6.45, 7) is 0.153. The molecule has 0 aromatic heterocycles. The molecule has 4 heteroatoms. The standard InChI is InChI=1S/C8H7ClFNO/c9-6-3-7(10)5-8(4-6)11-1-2-12/h2-5,11H,1H2. The molecule has 1 aromatic carbocycles. The van der Waals surface area contributed by atoms with Crippen molar-refractivity contribution in [2.45, 2.75) is 0 Å². The number of benzene rings is 1. The molecule has 1 aromatic rings. The second kappa shape index (κ2) is 4.07. The van der Waals surface area contributed by atoms with Gasteiger partial charge < -0.3 is 10.1 Å². The van der Waals surface area contributed by atoms with Crippen LogP contribution in [0.5, 0.6) is 0 Å². The molecule has 0 saturated carbocycles. The predicted octanol–water partition coefficient (Wildman–Crippen LogP) is 2.09. The summed E-state index contributed by atoms with van der Waals surface area (Å²) in [5.74, 6) is -0.420. The summed E-state index contributed by atoms with van der Waals surface area (Å²) in [4.78, 5) is 9.96. The number of halogens is 2. The maximum atomic E-state index is 12.6. The van der Waals surface area contributed by atoms with Crippen molar-refractivity contribution >= 4 is 23.6 Å². The van der Waals surface area contributed by atoms with Gasteiger partial charge in [0.15, 0.2) is 0 Å². The van der Waals surface area contributed by atoms with Crippen LogP contribution in [0.1, 0.15) is 0 Å². The van der Waals surface area contributed by atoms with Crippen molar-refractivity contribution < 1.29 is 9.18 Å². The third kappa shape index (κ3) is 2.51. The highest BCUT2D eigenvalue weighted by Gasteiger charge is 1.97. The molecule has 0 bridgehead atoms. The van der Waals surface area contributed by atoms with Crippen LogP contribution < -0.4 is 5.32 Å². The summed E-state index contributed by atoms with van der Waals surface area (Å²) >= 11 is 5.56. The first kappa shape index (κ1) is 9.00. The van der Waals surface area contributed by atoms with Gasteiger partial charge in [0.1, 0.15) is 12.1 Å². The second-order valence-corrected chi connectivity index (χ2v) is 2.64. The van der Waals surface area contributed by atoms with E-state index >= 15 is 0 Å². The van der Waals surface area contributed by atoms with E-state index in [-0.39, 0.29) is 6.54 Å². The summed E-state index contributed by atoms with van der Waals surface area (Å²) in [5, 5.41) is 2.99. The number of nitrogens with one attached hydrogen (secondary N) is 1. The molecule has 0 fully saturated rings. The summed E-state index contributed by atoms with van der Waals surface area (Å²) in [6.07, 6.45) is 0.693. The van der Waals surface area contributed by atoms with Gasteiger partial charge in [-0.15, -0.1) is 0 Å². The zero-order valence-electron chi connectivity index (χ0n) is 6.18. The van der Waals surface area contributed by atoms with E-state index in [4.69, 9.17) is 11.6 Å². The van der Waals surface area contributed by atoms with Gasteiger partial charge in [-0.05, 0) is 18.2 Å². The molecule has 0 atom stereocenters. The molecule has 0 amide bonds. The molecule has 0 radical (unpaired) electrons. The van der Waals surface area contributed by atoms with Gasteiger partial charge in [0, 0.05) is 10.7 Å². The molecule has 0 saturated heterocycles. The number of hydrogen-bond acceptors (Lipinski definition) is 2. The van der Waals surface area contributed by atoms with Gasteiger partial charge in [-0.3, -0.25) is 0 Å². The normalized spacial score (nSPS) is 9.50. The monoisotopic (exact) mass is 187 g/mol. The third-order valence-electron chi connectivity index (χ3n) is 1.25. The lowest BCUT2D eigenvalue weighted by molar-refractivity contribution is -0.106. The summed E-state index contributed by atoms with van der Waals surface area (Å²) < 4.78 is 12.6. The number of carbonyl (C=O) groups is 1. The fraction of sp³-hybridized carbons (Fsp3) is 0.125. The molecular weight excluding hydrogens is 181 g/mol. The summed E-state index contributed by atoms with van der Waals surface area (Å²) in [7, 11) is 0. The van der Waals surface area contributed by atoms with Gasteiger partial charge in [-0.2, -0.15) is 0 Å². The third-order valence-corrected chi connectivity index (χ3v) is 1.47. The Labute approximate surface area is 74.3 Å². The molecule has 0 aliphatic carbocycles. The smallest absolute Gasteiger partial charge is 0.139 e. The molecule has 12 heavy (non-hydrogen) atoms. The minimum atomic E-state index is -0.420. The molecular formula is C8H7ClFNO. The van der Waals surface area contributed by atoms with Crippen LogP contribution >= 0.6 is 11.6 Å². The quantitative estimate of drug-likeness (QED) is 0.735. The van der Waals surface area contributed by atoms with Crippen molar-refractivity contribution in [3.63, 3.8) is 0 Å². The highest BCUT2D eigenvalue weighted by atomic mass is 35.5. The van der Waals surface area contributed by atoms with Gasteiger partial charge in [0.2, 0.25) is 0 Å². The van der Waals surface area contributed by atoms with Gasteiger partial charge in [-0.1, -0.05) is 11.6 Å². The van der Waals surface area contributed by atoms with Gasteiger partial charge in [-0.25, -0.2) is 4.39 Å². The van der Waals surface area contributed by atoms with Crippen LogP contribution in [-0.4, -0.2) is 12.8 Å². The fourth-order valence-corrected chi connectivity index (χ4v) is 1.04. The number of anilines is 1. The maximum absolute atomic E-state index is 12.6. The molecule has 0 unspecified atom stereocenters. The number of carbonyl (C=O) groups excluding carboxylic acids is 1. The van der Waals surface area contributed by atoms with Crippen molar-refractivity contribution in [1.29, 1.82) is 0 Å². The zero-order valence-corrected chi connectivity index (χ0v) is 6.94. The maximum Gasteiger partial charge on any atom is 0.139 e. The van der Waals surface area contributed by atoms with Crippen molar-refractivity contribution in [3.05, 3.63) is 29.0 Å². The Balaban J connectivity index is 2.78. The lowest BCUT2D eigenvalue weighted by atomic mass is 10.3. The minimum Gasteiger partial charge on any atom is -0.378 e. The van der Waals surface area contributed by atoms with Crippen LogP contribution in [0, 0.1) is 5.82 Å². The van der Waals surface area contributed by atoms with E-state index in [0.717, 1.165) is 0 Å². The van der Waals surface area contributed by atoms with Crippen LogP contribution in [0.2, 0.25) is 5.02 Å². The van der Waals surface area contributed by atoms with E-state index in [2.05, 4.69) is 5.32 Å². The first-order valence-electron chi connectivity index (χ1n) is 3.36. The lowest BCUT2D eigenvalue weighted by Crippen LogP contribution is -2.01. The Hall–Kier alpha value is -1.09. The molecule has 1 rings (SSSR count). The topological polar surface area (TPSA) is 29.1 Å². The zero-order chi connectivity index (χ0) is 8.97. The van der Waals surface area contributed by atoms with E-state index < -0.39 is 5.82 Å². The average Bonchev–Trinajstić information content (AvgIpc) is 1.99. The Morgan fingerprint density at radius 3 is 2.83 bits per heavy atom. The first-order valence-corrected chi connectivity index (χ1v) is 3.74. The van der Waals surface area contributed by atoms with Crippen molar-refractivity contribution in [1.82, 2.24) is 0 Å². The number of rotatable bonds is 3. The second-order valence-electron chi connectivity index (χ2n) is 2.21. The highest BCUT2D eigenvalue weighted by molar-refractivity contribution is 6.30. The SMILES string of the molecule is O=CCNc1cc(F)cc(Cl)c1. The van der Waals surface area contributed by atoms with Crippen LogP contribution in [0.4, 0.5) is 10.1 Å². The number of hydrogen-bond donors (Lipinski definition) is 1. The van der Waals surface area contributed by atoms with Crippen LogP contribution in [-0.2, 0) is 4.79 Å². The molecule has 0 aliphatic heterocycles. The molecule has 64 valence electrons. The van der Waals surface area contributed by atoms with E-state index in [0.29, 0.717) is 17.0 Å². The van der Waals surface area contributed by atoms with E-state index in [1.54, 1.807) is 6.07 Å². The Morgan fingerprint density at radius 2 is 2.25 bits per heavy atom. The van der Waals surface area contributed by atoms with E-state index in [9.17, 15) is 9.18 Å². The lowest BCUT2D eigenvalue weighted by Gasteiger charge is -2.02. The minimum absolute atomic E-state index is 0.153. The van der Waals surface area contributed by atoms with Crippen molar-refractivity contribution in [2.75, 3.05) is 11.9 Å². The summed E-state index contributed by atoms with van der Waals surface area (Å²) in [6, 6.07) is 4.02. The highest BCUT2D eigenvalue weighted by Crippen LogP contribution is 2.17. The molecule has 0 heterocycles. The van der Waals surface area contributed by atoms with Crippen LogP contribution in [0.3, 0.4) is 0 Å². The molecule has 2 nitrogen and oxygen atoms in total. The van der Waals surface area contributed by atoms with E-state index in [1.165, 1.54) is 12.1 Å². The van der Waals surface area contributed by atoms with Crippen LogP contribution in [0.15, 0.2) is 18.2 Å². The van der Waals surface area contributed by atoms with Crippen molar-refractivity contribution in [2.24, 2.45) is 0 Å². The van der Waals surface area contributed by atoms with Gasteiger partial charge in [0.25, 0.3) is 0 Å². The molecule has 1 N–H and O–H groups in total.